The van der Waals surface area contributed by atoms with Crippen LogP contribution >= 0.6 is 0 Å². The highest BCUT2D eigenvalue weighted by Crippen LogP contribution is 2.39. The van der Waals surface area contributed by atoms with Crippen molar-refractivity contribution in [2.24, 2.45) is 17.1 Å². The van der Waals surface area contributed by atoms with Gasteiger partial charge in [-0.1, -0.05) is 13.8 Å². The summed E-state index contributed by atoms with van der Waals surface area (Å²) in [6.07, 6.45) is 4.31. The quantitative estimate of drug-likeness (QED) is 0.765. The molecule has 1 amide bonds. The molecule has 0 radical (unpaired) electrons. The van der Waals surface area contributed by atoms with Crippen LogP contribution in [0.3, 0.4) is 0 Å². The molecule has 0 atom stereocenters. The summed E-state index contributed by atoms with van der Waals surface area (Å²) in [4.78, 5) is 25.0. The third kappa shape index (κ3) is 3.93. The van der Waals surface area contributed by atoms with Crippen molar-refractivity contribution in [3.8, 4) is 0 Å². The Kier molecular flexibility index (Phi) is 5.79. The number of carbonyl (C=O) groups excluding carboxylic acids is 1. The molecule has 0 spiro atoms. The summed E-state index contributed by atoms with van der Waals surface area (Å²) in [5.74, 6) is -0.393. The molecule has 5 heteroatoms. The predicted molar refractivity (Wildman–Crippen MR) is 73.6 cm³/mol. The van der Waals surface area contributed by atoms with Crippen molar-refractivity contribution in [1.82, 2.24) is 4.90 Å². The Hall–Kier alpha value is -1.10. The summed E-state index contributed by atoms with van der Waals surface area (Å²) in [6.45, 7) is 4.72. The van der Waals surface area contributed by atoms with E-state index in [9.17, 15) is 9.59 Å². The van der Waals surface area contributed by atoms with Crippen LogP contribution in [0.2, 0.25) is 0 Å². The lowest BCUT2D eigenvalue weighted by atomic mass is 9.70. The van der Waals surface area contributed by atoms with E-state index in [0.29, 0.717) is 19.0 Å². The van der Waals surface area contributed by atoms with Crippen molar-refractivity contribution in [3.05, 3.63) is 0 Å². The molecular weight excluding hydrogens is 244 g/mol. The Morgan fingerprint density at radius 2 is 1.95 bits per heavy atom. The summed E-state index contributed by atoms with van der Waals surface area (Å²) in [5.41, 5.74) is 5.32. The van der Waals surface area contributed by atoms with Gasteiger partial charge in [0.15, 0.2) is 0 Å². The zero-order valence-corrected chi connectivity index (χ0v) is 12.0. The lowest BCUT2D eigenvalue weighted by Gasteiger charge is -2.40. The van der Waals surface area contributed by atoms with Gasteiger partial charge in [0.25, 0.3) is 0 Å². The van der Waals surface area contributed by atoms with Gasteiger partial charge in [0.05, 0.1) is 5.41 Å². The molecule has 3 N–H and O–H groups in total. The normalized spacial score (nSPS) is 27.0. The van der Waals surface area contributed by atoms with Gasteiger partial charge in [0.2, 0.25) is 5.91 Å². The van der Waals surface area contributed by atoms with Crippen LogP contribution in [0.4, 0.5) is 0 Å². The number of carbonyl (C=O) groups is 2. The van der Waals surface area contributed by atoms with Gasteiger partial charge in [-0.15, -0.1) is 0 Å². The van der Waals surface area contributed by atoms with E-state index in [1.165, 1.54) is 4.90 Å². The van der Waals surface area contributed by atoms with Crippen molar-refractivity contribution in [2.75, 3.05) is 19.6 Å². The van der Waals surface area contributed by atoms with Crippen molar-refractivity contribution >= 4 is 11.9 Å². The highest BCUT2D eigenvalue weighted by molar-refractivity contribution is 5.86. The summed E-state index contributed by atoms with van der Waals surface area (Å²) in [6, 6.07) is 0. The molecule has 0 bridgehead atoms. The third-order valence-corrected chi connectivity index (χ3v) is 4.18. The number of rotatable bonds is 6. The van der Waals surface area contributed by atoms with Gasteiger partial charge in [-0.25, -0.2) is 0 Å². The van der Waals surface area contributed by atoms with E-state index in [4.69, 9.17) is 10.8 Å². The molecule has 110 valence electrons. The molecule has 0 aliphatic heterocycles. The second-order valence-corrected chi connectivity index (χ2v) is 5.79. The number of carboxylic acid groups (broad SMARTS) is 1. The molecule has 19 heavy (non-hydrogen) atoms. The Balaban J connectivity index is 2.82. The molecule has 5 nitrogen and oxygen atoms in total. The number of nitrogens with two attached hydrogens (primary N) is 1. The summed E-state index contributed by atoms with van der Waals surface area (Å²) in [7, 11) is 0. The lowest BCUT2D eigenvalue weighted by Crippen LogP contribution is -2.51. The maximum absolute atomic E-state index is 12.7. The molecule has 1 saturated carbocycles. The van der Waals surface area contributed by atoms with Crippen LogP contribution in [0.1, 0.15) is 46.0 Å². The van der Waals surface area contributed by atoms with Crippen LogP contribution in [0.25, 0.3) is 0 Å². The summed E-state index contributed by atoms with van der Waals surface area (Å²) in [5, 5.41) is 8.93. The Labute approximate surface area is 115 Å². The second-order valence-electron chi connectivity index (χ2n) is 5.79. The topological polar surface area (TPSA) is 83.6 Å². The molecule has 0 heterocycles. The van der Waals surface area contributed by atoms with Crippen LogP contribution in [0, 0.1) is 11.3 Å². The first-order chi connectivity index (χ1) is 8.95. The monoisotopic (exact) mass is 270 g/mol. The predicted octanol–water partition coefficient (Wildman–Crippen LogP) is 1.46. The number of aliphatic carboxylic acids is 1. The standard InChI is InChI=1S/C14H26N2O3/c1-3-8-16(9-12(17)18)13(19)14(10-15)6-4-11(2)5-7-14/h11H,3-10,15H2,1-2H3,(H,17,18). The van der Waals surface area contributed by atoms with Gasteiger partial charge in [0, 0.05) is 13.1 Å². The average Bonchev–Trinajstić information content (AvgIpc) is 2.38. The van der Waals surface area contributed by atoms with Gasteiger partial charge in [-0.2, -0.15) is 0 Å². The molecular formula is C14H26N2O3. The van der Waals surface area contributed by atoms with Crippen molar-refractivity contribution in [1.29, 1.82) is 0 Å². The summed E-state index contributed by atoms with van der Waals surface area (Å²) < 4.78 is 0. The van der Waals surface area contributed by atoms with Gasteiger partial charge < -0.3 is 15.7 Å². The number of carboxylic acids is 1. The van der Waals surface area contributed by atoms with Crippen LogP contribution < -0.4 is 5.73 Å². The van der Waals surface area contributed by atoms with Crippen LogP contribution in [0.15, 0.2) is 0 Å². The smallest absolute Gasteiger partial charge is 0.323 e. The largest absolute Gasteiger partial charge is 0.480 e. The molecule has 0 unspecified atom stereocenters. The number of nitrogens with zero attached hydrogens (tertiary/aromatic N) is 1. The van der Waals surface area contributed by atoms with Crippen molar-refractivity contribution < 1.29 is 14.7 Å². The van der Waals surface area contributed by atoms with E-state index in [0.717, 1.165) is 32.1 Å². The Morgan fingerprint density at radius 3 is 2.37 bits per heavy atom. The highest BCUT2D eigenvalue weighted by Gasteiger charge is 2.42. The van der Waals surface area contributed by atoms with E-state index in [-0.39, 0.29) is 12.5 Å². The van der Waals surface area contributed by atoms with E-state index < -0.39 is 11.4 Å². The van der Waals surface area contributed by atoms with Crippen LogP contribution in [-0.4, -0.2) is 41.5 Å². The Morgan fingerprint density at radius 1 is 1.37 bits per heavy atom. The van der Waals surface area contributed by atoms with Crippen LogP contribution in [-0.2, 0) is 9.59 Å². The number of amides is 1. The molecule has 0 aromatic carbocycles. The van der Waals surface area contributed by atoms with E-state index in [1.807, 2.05) is 6.92 Å². The highest BCUT2D eigenvalue weighted by atomic mass is 16.4. The molecule has 1 rings (SSSR count). The van der Waals surface area contributed by atoms with E-state index >= 15 is 0 Å². The van der Waals surface area contributed by atoms with Crippen LogP contribution in [0.5, 0.6) is 0 Å². The number of hydrogen-bond donors (Lipinski definition) is 2. The zero-order valence-electron chi connectivity index (χ0n) is 12.0. The minimum atomic E-state index is -0.960. The SMILES string of the molecule is CCCN(CC(=O)O)C(=O)C1(CN)CCC(C)CC1. The molecule has 1 fully saturated rings. The molecule has 1 aliphatic carbocycles. The van der Waals surface area contributed by atoms with Gasteiger partial charge in [-0.3, -0.25) is 9.59 Å². The van der Waals surface area contributed by atoms with Crippen molar-refractivity contribution in [2.45, 2.75) is 46.0 Å². The van der Waals surface area contributed by atoms with E-state index in [1.54, 1.807) is 0 Å². The first-order valence-corrected chi connectivity index (χ1v) is 7.16. The fourth-order valence-corrected chi connectivity index (χ4v) is 2.84. The lowest BCUT2D eigenvalue weighted by molar-refractivity contribution is -0.151. The minimum absolute atomic E-state index is 0.0637. The third-order valence-electron chi connectivity index (χ3n) is 4.18. The first kappa shape index (κ1) is 16.0. The summed E-state index contributed by atoms with van der Waals surface area (Å²) >= 11 is 0. The van der Waals surface area contributed by atoms with E-state index in [2.05, 4.69) is 6.92 Å². The first-order valence-electron chi connectivity index (χ1n) is 7.16. The molecule has 1 aliphatic rings. The maximum atomic E-state index is 12.7. The second kappa shape index (κ2) is 6.89. The molecule has 0 aromatic rings. The van der Waals surface area contributed by atoms with Crippen molar-refractivity contribution in [3.63, 3.8) is 0 Å². The number of hydrogen-bond acceptors (Lipinski definition) is 3. The zero-order chi connectivity index (χ0) is 14.5. The van der Waals surface area contributed by atoms with Gasteiger partial charge in [-0.05, 0) is 38.0 Å². The minimum Gasteiger partial charge on any atom is -0.480 e. The molecule has 0 saturated heterocycles. The molecule has 0 aromatic heterocycles. The maximum Gasteiger partial charge on any atom is 0.323 e. The Bertz CT molecular complexity index is 323. The average molecular weight is 270 g/mol. The van der Waals surface area contributed by atoms with Gasteiger partial charge in [0.1, 0.15) is 6.54 Å². The van der Waals surface area contributed by atoms with Gasteiger partial charge >= 0.3 is 5.97 Å². The fourth-order valence-electron chi connectivity index (χ4n) is 2.84. The fraction of sp³-hybridized carbons (Fsp3) is 0.857.